The first-order chi connectivity index (χ1) is 9.30. The fraction of sp³-hybridized carbons (Fsp3) is 0.214. The molecule has 1 aromatic heterocycles. The SMILES string of the molecule is COCc1ccc2c(n1)Nc1cc(CCl)ccc1S2. The van der Waals surface area contributed by atoms with Crippen molar-refractivity contribution in [2.24, 2.45) is 0 Å². The van der Waals surface area contributed by atoms with Gasteiger partial charge in [-0.3, -0.25) is 0 Å². The first-order valence-corrected chi connectivity index (χ1v) is 7.28. The Bertz CT molecular complexity index is 618. The number of fused-ring (bicyclic) bond motifs is 2. The number of rotatable bonds is 3. The van der Waals surface area contributed by atoms with Crippen LogP contribution in [0.1, 0.15) is 11.3 Å². The molecule has 0 bridgehead atoms. The molecule has 2 aromatic rings. The summed E-state index contributed by atoms with van der Waals surface area (Å²) in [4.78, 5) is 6.89. The quantitative estimate of drug-likeness (QED) is 0.735. The van der Waals surface area contributed by atoms with Crippen LogP contribution in [0, 0.1) is 0 Å². The number of aromatic nitrogens is 1. The number of anilines is 2. The average molecular weight is 293 g/mol. The van der Waals surface area contributed by atoms with Gasteiger partial charge in [0.25, 0.3) is 0 Å². The maximum Gasteiger partial charge on any atom is 0.144 e. The van der Waals surface area contributed by atoms with E-state index in [0.29, 0.717) is 12.5 Å². The van der Waals surface area contributed by atoms with E-state index in [2.05, 4.69) is 34.6 Å². The molecule has 0 saturated heterocycles. The first kappa shape index (κ1) is 12.8. The third-order valence-electron chi connectivity index (χ3n) is 2.88. The Balaban J connectivity index is 1.95. The van der Waals surface area contributed by atoms with E-state index in [9.17, 15) is 0 Å². The second-order valence-corrected chi connectivity index (χ2v) is 5.62. The van der Waals surface area contributed by atoms with Gasteiger partial charge in [-0.25, -0.2) is 4.98 Å². The second-order valence-electron chi connectivity index (χ2n) is 4.27. The minimum absolute atomic E-state index is 0.517. The molecular weight excluding hydrogens is 280 g/mol. The number of methoxy groups -OCH3 is 1. The van der Waals surface area contributed by atoms with Crippen LogP contribution in [0.2, 0.25) is 0 Å². The molecule has 0 fully saturated rings. The molecule has 0 atom stereocenters. The summed E-state index contributed by atoms with van der Waals surface area (Å²) in [5.74, 6) is 1.41. The molecule has 3 rings (SSSR count). The number of hydrogen-bond acceptors (Lipinski definition) is 4. The van der Waals surface area contributed by atoms with Crippen molar-refractivity contribution >= 4 is 34.9 Å². The van der Waals surface area contributed by atoms with Crippen molar-refractivity contribution in [2.45, 2.75) is 22.3 Å². The van der Waals surface area contributed by atoms with Gasteiger partial charge in [0.15, 0.2) is 0 Å². The van der Waals surface area contributed by atoms with Gasteiger partial charge >= 0.3 is 0 Å². The molecule has 2 heterocycles. The average Bonchev–Trinajstić information content (AvgIpc) is 2.45. The van der Waals surface area contributed by atoms with Crippen molar-refractivity contribution in [3.63, 3.8) is 0 Å². The number of ether oxygens (including phenoxy) is 1. The monoisotopic (exact) mass is 292 g/mol. The Morgan fingerprint density at radius 1 is 1.26 bits per heavy atom. The fourth-order valence-electron chi connectivity index (χ4n) is 1.98. The summed E-state index contributed by atoms with van der Waals surface area (Å²) < 4.78 is 5.11. The highest BCUT2D eigenvalue weighted by molar-refractivity contribution is 7.99. The van der Waals surface area contributed by atoms with E-state index in [1.807, 2.05) is 6.07 Å². The standard InChI is InChI=1S/C14H13ClN2OS/c1-18-8-10-3-5-13-14(16-10)17-11-6-9(7-15)2-4-12(11)19-13/h2-6H,7-8H2,1H3,(H,16,17). The fourth-order valence-corrected chi connectivity index (χ4v) is 3.07. The van der Waals surface area contributed by atoms with Crippen LogP contribution in [0.5, 0.6) is 0 Å². The summed E-state index contributed by atoms with van der Waals surface area (Å²) in [6, 6.07) is 10.3. The van der Waals surface area contributed by atoms with Gasteiger partial charge in [-0.2, -0.15) is 0 Å². The van der Waals surface area contributed by atoms with E-state index >= 15 is 0 Å². The van der Waals surface area contributed by atoms with Crippen LogP contribution in [0.25, 0.3) is 0 Å². The molecule has 1 aromatic carbocycles. The lowest BCUT2D eigenvalue weighted by Crippen LogP contribution is -2.04. The molecule has 0 radical (unpaired) electrons. The van der Waals surface area contributed by atoms with Crippen LogP contribution < -0.4 is 5.32 Å². The minimum atomic E-state index is 0.517. The van der Waals surface area contributed by atoms with Gasteiger partial charge in [0, 0.05) is 17.9 Å². The van der Waals surface area contributed by atoms with Crippen molar-refractivity contribution in [2.75, 3.05) is 12.4 Å². The summed E-state index contributed by atoms with van der Waals surface area (Å²) >= 11 is 7.59. The van der Waals surface area contributed by atoms with Crippen molar-refractivity contribution in [1.82, 2.24) is 4.98 Å². The number of nitrogens with one attached hydrogen (secondary N) is 1. The summed E-state index contributed by atoms with van der Waals surface area (Å²) in [7, 11) is 1.67. The van der Waals surface area contributed by atoms with Crippen LogP contribution in [-0.2, 0) is 17.2 Å². The van der Waals surface area contributed by atoms with E-state index in [4.69, 9.17) is 16.3 Å². The normalized spacial score (nSPS) is 12.5. The third kappa shape index (κ3) is 2.56. The molecule has 0 amide bonds. The number of halogens is 1. The lowest BCUT2D eigenvalue weighted by atomic mass is 10.2. The molecule has 98 valence electrons. The Labute approximate surface area is 121 Å². The minimum Gasteiger partial charge on any atom is -0.378 e. The zero-order valence-electron chi connectivity index (χ0n) is 10.4. The largest absolute Gasteiger partial charge is 0.378 e. The zero-order chi connectivity index (χ0) is 13.2. The highest BCUT2D eigenvalue weighted by atomic mass is 35.5. The van der Waals surface area contributed by atoms with Crippen LogP contribution in [-0.4, -0.2) is 12.1 Å². The van der Waals surface area contributed by atoms with Gasteiger partial charge in [0.1, 0.15) is 5.82 Å². The number of benzene rings is 1. The zero-order valence-corrected chi connectivity index (χ0v) is 12.0. The Kier molecular flexibility index (Phi) is 3.64. The van der Waals surface area contributed by atoms with Crippen molar-refractivity contribution in [1.29, 1.82) is 0 Å². The molecule has 0 saturated carbocycles. The van der Waals surface area contributed by atoms with Crippen LogP contribution in [0.3, 0.4) is 0 Å². The first-order valence-electron chi connectivity index (χ1n) is 5.93. The number of nitrogens with zero attached hydrogens (tertiary/aromatic N) is 1. The molecular formula is C14H13ClN2OS. The number of alkyl halides is 1. The Morgan fingerprint density at radius 3 is 2.89 bits per heavy atom. The predicted octanol–water partition coefficient (Wildman–Crippen LogP) is 4.18. The number of pyridine rings is 1. The van der Waals surface area contributed by atoms with E-state index in [-0.39, 0.29) is 0 Å². The molecule has 0 unspecified atom stereocenters. The second kappa shape index (κ2) is 5.41. The lowest BCUT2D eigenvalue weighted by molar-refractivity contribution is 0.181. The Hall–Kier alpha value is -1.23. The van der Waals surface area contributed by atoms with Crippen LogP contribution >= 0.6 is 23.4 Å². The van der Waals surface area contributed by atoms with Crippen molar-refractivity contribution < 1.29 is 4.74 Å². The van der Waals surface area contributed by atoms with Gasteiger partial charge in [-0.1, -0.05) is 17.8 Å². The van der Waals surface area contributed by atoms with E-state index < -0.39 is 0 Å². The summed E-state index contributed by atoms with van der Waals surface area (Å²) in [5, 5.41) is 3.37. The smallest absolute Gasteiger partial charge is 0.144 e. The van der Waals surface area contributed by atoms with Crippen LogP contribution in [0.4, 0.5) is 11.5 Å². The third-order valence-corrected chi connectivity index (χ3v) is 4.31. The van der Waals surface area contributed by atoms with Gasteiger partial charge < -0.3 is 10.1 Å². The molecule has 0 spiro atoms. The van der Waals surface area contributed by atoms with Crippen LogP contribution in [0.15, 0.2) is 40.1 Å². The summed E-state index contributed by atoms with van der Waals surface area (Å²) in [5.41, 5.74) is 3.09. The number of hydrogen-bond donors (Lipinski definition) is 1. The van der Waals surface area contributed by atoms with Gasteiger partial charge in [-0.15, -0.1) is 11.6 Å². The van der Waals surface area contributed by atoms with Gasteiger partial charge in [0.2, 0.25) is 0 Å². The molecule has 1 aliphatic heterocycles. The topological polar surface area (TPSA) is 34.1 Å². The van der Waals surface area contributed by atoms with Crippen molar-refractivity contribution in [3.05, 3.63) is 41.6 Å². The van der Waals surface area contributed by atoms with Gasteiger partial charge in [0.05, 0.1) is 22.9 Å². The molecule has 19 heavy (non-hydrogen) atoms. The Morgan fingerprint density at radius 2 is 2.11 bits per heavy atom. The molecule has 5 heteroatoms. The van der Waals surface area contributed by atoms with E-state index in [0.717, 1.165) is 27.7 Å². The predicted molar refractivity (Wildman–Crippen MR) is 78.4 cm³/mol. The molecule has 0 aliphatic carbocycles. The summed E-state index contributed by atoms with van der Waals surface area (Å²) in [6.07, 6.45) is 0. The van der Waals surface area contributed by atoms with E-state index in [1.54, 1.807) is 18.9 Å². The molecule has 1 aliphatic rings. The van der Waals surface area contributed by atoms with Crippen molar-refractivity contribution in [3.8, 4) is 0 Å². The lowest BCUT2D eigenvalue weighted by Gasteiger charge is -2.20. The van der Waals surface area contributed by atoms with Gasteiger partial charge in [-0.05, 0) is 29.8 Å². The molecule has 1 N–H and O–H groups in total. The highest BCUT2D eigenvalue weighted by Gasteiger charge is 2.17. The highest BCUT2D eigenvalue weighted by Crippen LogP contribution is 2.43. The van der Waals surface area contributed by atoms with E-state index in [1.165, 1.54) is 4.90 Å². The summed E-state index contributed by atoms with van der Waals surface area (Å²) in [6.45, 7) is 0.522. The maximum absolute atomic E-state index is 5.87. The maximum atomic E-state index is 5.87. The molecule has 3 nitrogen and oxygen atoms in total.